The van der Waals surface area contributed by atoms with E-state index in [2.05, 4.69) is 175 Å². The summed E-state index contributed by atoms with van der Waals surface area (Å²) >= 11 is 11.2. The van der Waals surface area contributed by atoms with Crippen LogP contribution in [-0.2, 0) is 0 Å². The number of rotatable bonds is 3. The minimum atomic E-state index is 0.585. The van der Waals surface area contributed by atoms with Gasteiger partial charge >= 0.3 is 7.69 Å². The van der Waals surface area contributed by atoms with Crippen molar-refractivity contribution in [1.29, 1.82) is 0 Å². The highest BCUT2D eigenvalue weighted by molar-refractivity contribution is 9.11. The van der Waals surface area contributed by atoms with E-state index >= 15 is 0 Å². The second-order valence-corrected chi connectivity index (χ2v) is 16.7. The first kappa shape index (κ1) is 38.3. The summed E-state index contributed by atoms with van der Waals surface area (Å²) < 4.78 is 20.1. The summed E-state index contributed by atoms with van der Waals surface area (Å²) in [6.45, 7) is 0. The van der Waals surface area contributed by atoms with Crippen LogP contribution in [0.4, 0.5) is 0 Å². The molecule has 0 aliphatic heterocycles. The Morgan fingerprint density at radius 1 is 0.350 bits per heavy atom. The van der Waals surface area contributed by atoms with Gasteiger partial charge in [-0.3, -0.25) is 0 Å². The van der Waals surface area contributed by atoms with Gasteiger partial charge in [0, 0.05) is 35.0 Å². The van der Waals surface area contributed by atoms with Crippen LogP contribution in [-0.4, -0.2) is 12.7 Å². The minimum absolute atomic E-state index is 0.585. The van der Waals surface area contributed by atoms with Crippen molar-refractivity contribution in [2.75, 3.05) is 0 Å². The van der Waals surface area contributed by atoms with Gasteiger partial charge in [-0.05, 0) is 144 Å². The molecule has 60 heavy (non-hydrogen) atoms. The van der Waals surface area contributed by atoms with Crippen LogP contribution in [0.2, 0.25) is 0 Å². The molecule has 0 fully saturated rings. The third-order valence-corrected chi connectivity index (χ3v) is 13.4. The van der Waals surface area contributed by atoms with Crippen molar-refractivity contribution in [1.82, 2.24) is 0 Å². The van der Waals surface area contributed by atoms with E-state index in [-0.39, 0.29) is 0 Å². The summed E-state index contributed by atoms with van der Waals surface area (Å²) in [4.78, 5) is 0. The Morgan fingerprint density at radius 3 is 1.12 bits per heavy atom. The molecule has 2 heterocycles. The van der Waals surface area contributed by atoms with Crippen LogP contribution < -0.4 is 4.65 Å². The molecule has 2 aromatic heterocycles. The van der Waals surface area contributed by atoms with Crippen LogP contribution in [0.25, 0.3) is 98.1 Å². The maximum Gasteiger partial charge on any atom is 0.569 e. The van der Waals surface area contributed by atoms with E-state index in [4.69, 9.17) is 18.5 Å². The SMILES string of the molecule is Brc1c2ccccc2c(-c2ccc3oc4ccccc4c3c2)c2ccccc12.Brc1c2ccccc2c(Br)c2ccccc12.O[B]Oc1ccc2oc3ccccc3c2c1. The van der Waals surface area contributed by atoms with Gasteiger partial charge in [0.05, 0.1) is 0 Å². The summed E-state index contributed by atoms with van der Waals surface area (Å²) in [5.74, 6) is 0.585. The molecule has 1 radical (unpaired) electrons. The molecule has 0 bridgehead atoms. The van der Waals surface area contributed by atoms with E-state index in [0.29, 0.717) is 13.4 Å². The van der Waals surface area contributed by atoms with Crippen molar-refractivity contribution in [2.24, 2.45) is 0 Å². The summed E-state index contributed by atoms with van der Waals surface area (Å²) in [7, 11) is 0.670. The third kappa shape index (κ3) is 6.83. The molecule has 12 aromatic rings. The van der Waals surface area contributed by atoms with Crippen molar-refractivity contribution in [3.8, 4) is 16.9 Å². The molecular formula is C52H31BBr3O4. The molecule has 0 aliphatic rings. The molecule has 0 aliphatic carbocycles. The van der Waals surface area contributed by atoms with E-state index in [0.717, 1.165) is 48.3 Å². The lowest BCUT2D eigenvalue weighted by Crippen LogP contribution is -1.98. The lowest BCUT2D eigenvalue weighted by atomic mass is 9.91. The highest BCUT2D eigenvalue weighted by Gasteiger charge is 2.16. The molecule has 0 saturated heterocycles. The predicted molar refractivity (Wildman–Crippen MR) is 261 cm³/mol. The van der Waals surface area contributed by atoms with Crippen molar-refractivity contribution in [3.63, 3.8) is 0 Å². The quantitative estimate of drug-likeness (QED) is 0.142. The second kappa shape index (κ2) is 16.3. The average Bonchev–Trinajstić information content (AvgIpc) is 3.87. The first-order chi connectivity index (χ1) is 29.5. The lowest BCUT2D eigenvalue weighted by Gasteiger charge is -2.14. The fraction of sp³-hybridized carbons (Fsp3) is 0. The van der Waals surface area contributed by atoms with Gasteiger partial charge in [0.2, 0.25) is 0 Å². The zero-order valence-corrected chi connectivity index (χ0v) is 36.5. The zero-order valence-electron chi connectivity index (χ0n) is 31.7. The van der Waals surface area contributed by atoms with E-state index in [1.165, 1.54) is 63.2 Å². The number of para-hydroxylation sites is 2. The van der Waals surface area contributed by atoms with E-state index < -0.39 is 0 Å². The maximum absolute atomic E-state index is 8.58. The highest BCUT2D eigenvalue weighted by Crippen LogP contribution is 2.43. The minimum Gasteiger partial charge on any atom is -0.537 e. The molecule has 0 unspecified atom stereocenters. The molecule has 0 spiro atoms. The molecule has 12 rings (SSSR count). The van der Waals surface area contributed by atoms with Crippen molar-refractivity contribution >= 4 is 142 Å². The standard InChI is InChI=1S/C26H15BrO.C14H8Br2.C12H8BO3/c27-26-20-10-3-1-8-18(20)25(19-9-2-4-11-21(19)26)16-13-14-24-22(15-16)17-7-5-6-12-23(17)28-24;15-13-9-5-1-2-6-10(9)14(16)12-8-4-3-7-11(12)13;14-13-16-8-5-6-12-10(7-8)9-3-1-2-4-11(9)15-12/h1-15H;1-8H;1-7,14H. The van der Waals surface area contributed by atoms with Crippen LogP contribution in [0, 0.1) is 0 Å². The van der Waals surface area contributed by atoms with Crippen LogP contribution in [0.5, 0.6) is 5.75 Å². The summed E-state index contributed by atoms with van der Waals surface area (Å²) in [6.07, 6.45) is 0. The molecule has 10 aromatic carbocycles. The van der Waals surface area contributed by atoms with Crippen LogP contribution in [0.1, 0.15) is 0 Å². The molecular weight excluding hydrogens is 939 g/mol. The number of hydrogen-bond acceptors (Lipinski definition) is 4. The fourth-order valence-electron chi connectivity index (χ4n) is 8.13. The van der Waals surface area contributed by atoms with Gasteiger partial charge in [-0.25, -0.2) is 0 Å². The predicted octanol–water partition coefficient (Wildman–Crippen LogP) is 16.3. The Kier molecular flexibility index (Phi) is 10.4. The van der Waals surface area contributed by atoms with E-state index in [9.17, 15) is 0 Å². The summed E-state index contributed by atoms with van der Waals surface area (Å²) in [5.41, 5.74) is 5.99. The van der Waals surface area contributed by atoms with Crippen molar-refractivity contribution in [3.05, 3.63) is 195 Å². The largest absolute Gasteiger partial charge is 0.569 e. The first-order valence-electron chi connectivity index (χ1n) is 19.3. The number of furan rings is 2. The molecule has 0 saturated carbocycles. The molecule has 1 N–H and O–H groups in total. The summed E-state index contributed by atoms with van der Waals surface area (Å²) in [5, 5.41) is 22.9. The Balaban J connectivity index is 0.000000116. The first-order valence-corrected chi connectivity index (χ1v) is 21.7. The van der Waals surface area contributed by atoms with Gasteiger partial charge in [0.15, 0.2) is 0 Å². The van der Waals surface area contributed by atoms with Gasteiger partial charge in [-0.2, -0.15) is 0 Å². The normalized spacial score (nSPS) is 11.3. The Labute approximate surface area is 370 Å². The van der Waals surface area contributed by atoms with Gasteiger partial charge in [-0.1, -0.05) is 140 Å². The van der Waals surface area contributed by atoms with E-state index in [1.807, 2.05) is 48.5 Å². The third-order valence-electron chi connectivity index (χ3n) is 10.9. The molecule has 8 heteroatoms. The number of benzene rings is 10. The molecule has 0 amide bonds. The topological polar surface area (TPSA) is 55.7 Å². The van der Waals surface area contributed by atoms with Gasteiger partial charge < -0.3 is 18.5 Å². The Bertz CT molecular complexity index is 3400. The second-order valence-electron chi connectivity index (χ2n) is 14.3. The molecule has 287 valence electrons. The van der Waals surface area contributed by atoms with Gasteiger partial charge in [0.25, 0.3) is 0 Å². The average molecular weight is 970 g/mol. The number of hydrogen-bond donors (Lipinski definition) is 1. The fourth-order valence-corrected chi connectivity index (χ4v) is 10.2. The van der Waals surface area contributed by atoms with Gasteiger partial charge in [-0.15, -0.1) is 0 Å². The van der Waals surface area contributed by atoms with Crippen molar-refractivity contribution in [2.45, 2.75) is 0 Å². The number of halogens is 3. The van der Waals surface area contributed by atoms with Crippen LogP contribution in [0.3, 0.4) is 0 Å². The van der Waals surface area contributed by atoms with Crippen molar-refractivity contribution < 1.29 is 18.5 Å². The Hall–Kier alpha value is -5.90. The smallest absolute Gasteiger partial charge is 0.537 e. The zero-order chi connectivity index (χ0) is 40.7. The Morgan fingerprint density at radius 2 is 0.683 bits per heavy atom. The lowest BCUT2D eigenvalue weighted by molar-refractivity contribution is 0.454. The molecule has 0 atom stereocenters. The highest BCUT2D eigenvalue weighted by atomic mass is 79.9. The van der Waals surface area contributed by atoms with E-state index in [1.54, 1.807) is 6.07 Å². The molecule has 4 nitrogen and oxygen atoms in total. The summed E-state index contributed by atoms with van der Waals surface area (Å²) in [6, 6.07) is 62.0. The number of fused-ring (bicyclic) bond motifs is 10. The maximum atomic E-state index is 8.58. The van der Waals surface area contributed by atoms with Crippen LogP contribution in [0.15, 0.2) is 204 Å². The monoisotopic (exact) mass is 967 g/mol. The van der Waals surface area contributed by atoms with Gasteiger partial charge in [0.1, 0.15) is 28.1 Å². The van der Waals surface area contributed by atoms with Crippen LogP contribution >= 0.6 is 47.8 Å².